The van der Waals surface area contributed by atoms with Gasteiger partial charge in [-0.05, 0) is 79.8 Å². The van der Waals surface area contributed by atoms with E-state index in [1.54, 1.807) is 6.92 Å². The van der Waals surface area contributed by atoms with Gasteiger partial charge in [-0.15, -0.1) is 0 Å². The Morgan fingerprint density at radius 3 is 2.52 bits per heavy atom. The summed E-state index contributed by atoms with van der Waals surface area (Å²) >= 11 is 0. The number of ketones is 2. The molecule has 0 aromatic heterocycles. The molecule has 6 aliphatic rings. The van der Waals surface area contributed by atoms with Crippen LogP contribution in [0.15, 0.2) is 11.6 Å². The first-order valence-corrected chi connectivity index (χ1v) is 11.3. The van der Waals surface area contributed by atoms with E-state index in [-0.39, 0.29) is 40.7 Å². The number of fused-ring (bicyclic) bond motifs is 10. The van der Waals surface area contributed by atoms with Crippen LogP contribution in [0.3, 0.4) is 0 Å². The molecule has 1 aliphatic heterocycles. The molecule has 5 aliphatic carbocycles. The average molecular weight is 398 g/mol. The van der Waals surface area contributed by atoms with Gasteiger partial charge in [-0.3, -0.25) is 14.4 Å². The number of rotatable bonds is 2. The van der Waals surface area contributed by atoms with Crippen LogP contribution in [-0.4, -0.2) is 35.3 Å². The molecule has 4 saturated carbocycles. The van der Waals surface area contributed by atoms with Crippen molar-refractivity contribution in [1.29, 1.82) is 0 Å². The van der Waals surface area contributed by atoms with Crippen molar-refractivity contribution in [3.8, 4) is 0 Å². The van der Waals surface area contributed by atoms with E-state index >= 15 is 0 Å². The molecule has 156 valence electrons. The summed E-state index contributed by atoms with van der Waals surface area (Å²) in [5.74, 6) is 1.79. The van der Waals surface area contributed by atoms with Gasteiger partial charge < -0.3 is 9.47 Å². The van der Waals surface area contributed by atoms with Gasteiger partial charge in [0, 0.05) is 18.3 Å². The van der Waals surface area contributed by atoms with E-state index in [1.807, 2.05) is 6.08 Å². The third kappa shape index (κ3) is 1.94. The molecule has 0 radical (unpaired) electrons. The first-order valence-electron chi connectivity index (χ1n) is 11.3. The Balaban J connectivity index is 1.42. The summed E-state index contributed by atoms with van der Waals surface area (Å²) in [5, 5.41) is 0. The maximum atomic E-state index is 12.8. The van der Waals surface area contributed by atoms with Crippen molar-refractivity contribution < 1.29 is 23.9 Å². The molecule has 10 atom stereocenters. The molecule has 1 saturated heterocycles. The molecule has 1 heterocycles. The first kappa shape index (κ1) is 18.3. The van der Waals surface area contributed by atoms with Crippen molar-refractivity contribution in [2.75, 3.05) is 0 Å². The third-order valence-electron chi connectivity index (χ3n) is 10.2. The summed E-state index contributed by atoms with van der Waals surface area (Å²) in [7, 11) is 0. The van der Waals surface area contributed by atoms with Crippen LogP contribution in [0.2, 0.25) is 0 Å². The zero-order chi connectivity index (χ0) is 20.5. The lowest BCUT2D eigenvalue weighted by Gasteiger charge is -2.58. The molecular weight excluding hydrogens is 368 g/mol. The number of esters is 1. The normalized spacial score (nSPS) is 56.1. The molecule has 5 unspecified atom stereocenters. The van der Waals surface area contributed by atoms with Crippen LogP contribution in [-0.2, 0) is 23.9 Å². The standard InChI is InChI=1S/C24H30O5/c1-11(25)24(29-12(2)26)8-6-14-19-15(5-7-22(14,24)3)23(4)16-9-13(16)18(27)10-17(23)20-21(19)28-20/h10,13-16,19-21H,5-9H2,1-4H3/t13-,14?,15?,16?,19?,20?,21+,22+,23+,24+/m1/s1. The lowest BCUT2D eigenvalue weighted by atomic mass is 9.46. The Morgan fingerprint density at radius 2 is 1.83 bits per heavy atom. The summed E-state index contributed by atoms with van der Waals surface area (Å²) in [6, 6.07) is 0. The third-order valence-corrected chi connectivity index (χ3v) is 10.2. The number of carbonyl (C=O) groups is 3. The minimum atomic E-state index is -0.999. The highest BCUT2D eigenvalue weighted by molar-refractivity contribution is 5.96. The van der Waals surface area contributed by atoms with Crippen molar-refractivity contribution >= 4 is 17.5 Å². The molecule has 6 rings (SSSR count). The largest absolute Gasteiger partial charge is 0.451 e. The van der Waals surface area contributed by atoms with E-state index in [1.165, 1.54) is 12.5 Å². The summed E-state index contributed by atoms with van der Waals surface area (Å²) in [5.41, 5.74) is -0.0364. The Kier molecular flexibility index (Phi) is 3.29. The van der Waals surface area contributed by atoms with Gasteiger partial charge in [0.25, 0.3) is 0 Å². The second-order valence-corrected chi connectivity index (χ2v) is 11.0. The Bertz CT molecular complexity index is 890. The monoisotopic (exact) mass is 398 g/mol. The van der Waals surface area contributed by atoms with Crippen molar-refractivity contribution in [2.24, 2.45) is 40.4 Å². The van der Waals surface area contributed by atoms with Gasteiger partial charge in [-0.25, -0.2) is 0 Å². The fraction of sp³-hybridized carbons (Fsp3) is 0.792. The van der Waals surface area contributed by atoms with Gasteiger partial charge >= 0.3 is 5.97 Å². The topological polar surface area (TPSA) is 73.0 Å². The van der Waals surface area contributed by atoms with Crippen molar-refractivity contribution in [3.05, 3.63) is 11.6 Å². The lowest BCUT2D eigenvalue weighted by Crippen LogP contribution is -2.60. The molecule has 0 aromatic rings. The summed E-state index contributed by atoms with van der Waals surface area (Å²) < 4.78 is 12.1. The fourth-order valence-electron chi connectivity index (χ4n) is 8.76. The van der Waals surface area contributed by atoms with Gasteiger partial charge in [0.1, 0.15) is 6.10 Å². The van der Waals surface area contributed by atoms with Crippen LogP contribution in [0.4, 0.5) is 0 Å². The van der Waals surface area contributed by atoms with E-state index in [0.717, 1.165) is 25.7 Å². The summed E-state index contributed by atoms with van der Waals surface area (Å²) in [4.78, 5) is 37.2. The van der Waals surface area contributed by atoms with E-state index in [9.17, 15) is 14.4 Å². The van der Waals surface area contributed by atoms with E-state index < -0.39 is 5.60 Å². The highest BCUT2D eigenvalue weighted by atomic mass is 16.6. The molecular formula is C24H30O5. The predicted octanol–water partition coefficient (Wildman–Crippen LogP) is 3.25. The average Bonchev–Trinajstić information content (AvgIpc) is 3.54. The Labute approximate surface area is 171 Å². The maximum Gasteiger partial charge on any atom is 0.303 e. The molecule has 0 spiro atoms. The lowest BCUT2D eigenvalue weighted by molar-refractivity contribution is -0.187. The molecule has 0 N–H and O–H groups in total. The quantitative estimate of drug-likeness (QED) is 0.527. The van der Waals surface area contributed by atoms with Gasteiger partial charge in [-0.2, -0.15) is 0 Å². The van der Waals surface area contributed by atoms with E-state index in [4.69, 9.17) is 9.47 Å². The fourth-order valence-corrected chi connectivity index (χ4v) is 8.76. The number of Topliss-reactive ketones (excluding diaryl/α,β-unsaturated/α-hetero) is 1. The van der Waals surface area contributed by atoms with Gasteiger partial charge in [0.2, 0.25) is 0 Å². The number of ether oxygens (including phenoxy) is 2. The van der Waals surface area contributed by atoms with Crippen LogP contribution < -0.4 is 0 Å². The van der Waals surface area contributed by atoms with Crippen LogP contribution in [0.5, 0.6) is 0 Å². The zero-order valence-electron chi connectivity index (χ0n) is 17.7. The SMILES string of the molecule is CC(=O)O[C@]1(C(C)=O)CCC2C3C(CC[C@@]21C)[C@]1(C)C(=CC(=O)[C@@H]2CC21)C1O[C@H]13. The Hall–Kier alpha value is -1.49. The van der Waals surface area contributed by atoms with Crippen molar-refractivity contribution in [2.45, 2.75) is 77.6 Å². The highest BCUT2D eigenvalue weighted by Crippen LogP contribution is 2.75. The molecule has 0 aromatic carbocycles. The summed E-state index contributed by atoms with van der Waals surface area (Å²) in [6.07, 6.45) is 6.59. The molecule has 0 bridgehead atoms. The second kappa shape index (κ2) is 5.22. The van der Waals surface area contributed by atoms with E-state index in [2.05, 4.69) is 13.8 Å². The van der Waals surface area contributed by atoms with Crippen LogP contribution in [0.1, 0.15) is 59.8 Å². The summed E-state index contributed by atoms with van der Waals surface area (Å²) in [6.45, 7) is 7.57. The Morgan fingerprint density at radius 1 is 1.10 bits per heavy atom. The molecule has 5 nitrogen and oxygen atoms in total. The maximum absolute atomic E-state index is 12.8. The predicted molar refractivity (Wildman–Crippen MR) is 104 cm³/mol. The van der Waals surface area contributed by atoms with E-state index in [0.29, 0.717) is 35.9 Å². The smallest absolute Gasteiger partial charge is 0.303 e. The molecule has 29 heavy (non-hydrogen) atoms. The number of carbonyl (C=O) groups excluding carboxylic acids is 3. The number of hydrogen-bond donors (Lipinski definition) is 0. The van der Waals surface area contributed by atoms with Crippen LogP contribution in [0, 0.1) is 40.4 Å². The van der Waals surface area contributed by atoms with Crippen molar-refractivity contribution in [1.82, 2.24) is 0 Å². The molecule has 5 fully saturated rings. The molecule has 0 amide bonds. The van der Waals surface area contributed by atoms with Crippen LogP contribution >= 0.6 is 0 Å². The zero-order valence-corrected chi connectivity index (χ0v) is 17.7. The van der Waals surface area contributed by atoms with Crippen molar-refractivity contribution in [3.63, 3.8) is 0 Å². The van der Waals surface area contributed by atoms with Gasteiger partial charge in [-0.1, -0.05) is 13.8 Å². The number of hydrogen-bond acceptors (Lipinski definition) is 5. The molecule has 5 heteroatoms. The number of epoxide rings is 1. The first-order chi connectivity index (χ1) is 13.6. The van der Waals surface area contributed by atoms with Crippen LogP contribution in [0.25, 0.3) is 0 Å². The minimum Gasteiger partial charge on any atom is -0.451 e. The van der Waals surface area contributed by atoms with Gasteiger partial charge in [0.15, 0.2) is 17.2 Å². The minimum absolute atomic E-state index is 0.0162. The highest BCUT2D eigenvalue weighted by Gasteiger charge is 2.76. The van der Waals surface area contributed by atoms with Gasteiger partial charge in [0.05, 0.1) is 6.10 Å². The second-order valence-electron chi connectivity index (χ2n) is 11.0.